The van der Waals surface area contributed by atoms with Crippen molar-refractivity contribution in [2.24, 2.45) is 0 Å². The molecule has 4 aromatic rings. The lowest BCUT2D eigenvalue weighted by molar-refractivity contribution is -0.181. The fourth-order valence-corrected chi connectivity index (χ4v) is 5.36. The van der Waals surface area contributed by atoms with Gasteiger partial charge in [0.05, 0.1) is 23.4 Å². The minimum absolute atomic E-state index is 0.144. The predicted molar refractivity (Wildman–Crippen MR) is 179 cm³/mol. The standard InChI is InChI=1S/C24H20F3NO3.C14H17NO3/c1-3-31-23(30)20-14-15(2)8-13-21(20)28-22(29)19-7-5-4-6-18(19)16-9-11-17(12-10-16)24(25,26)27;1-3-15(4-2)12(16)14(10-18-13(14)17)11-8-6-5-7-9-11/h4-14H,3H2,1-2H3,(H,28,29);5-9H,3-4,10H2,1-2H3. The van der Waals surface area contributed by atoms with Crippen molar-refractivity contribution in [3.8, 4) is 11.1 Å². The van der Waals surface area contributed by atoms with Crippen molar-refractivity contribution in [2.45, 2.75) is 39.3 Å². The second-order valence-corrected chi connectivity index (χ2v) is 11.2. The van der Waals surface area contributed by atoms with Crippen LogP contribution in [0.1, 0.15) is 58.2 Å². The van der Waals surface area contributed by atoms with Crippen LogP contribution in [0.3, 0.4) is 0 Å². The number of cyclic esters (lactones) is 1. The van der Waals surface area contributed by atoms with Gasteiger partial charge >= 0.3 is 18.1 Å². The topological polar surface area (TPSA) is 102 Å². The molecule has 1 atom stereocenters. The zero-order chi connectivity index (χ0) is 35.8. The molecule has 0 aromatic heterocycles. The van der Waals surface area contributed by atoms with E-state index < -0.39 is 35.0 Å². The third kappa shape index (κ3) is 7.99. The van der Waals surface area contributed by atoms with Crippen LogP contribution in [0.2, 0.25) is 0 Å². The van der Waals surface area contributed by atoms with Gasteiger partial charge in [-0.1, -0.05) is 72.3 Å². The number of anilines is 1. The Morgan fingerprint density at radius 2 is 1.49 bits per heavy atom. The molecule has 1 fully saturated rings. The maximum atomic E-state index is 13.0. The smallest absolute Gasteiger partial charge is 0.416 e. The molecule has 256 valence electrons. The Balaban J connectivity index is 0.000000254. The van der Waals surface area contributed by atoms with Gasteiger partial charge in [0.15, 0.2) is 0 Å². The molecule has 1 aliphatic heterocycles. The maximum absolute atomic E-state index is 13.0. The molecule has 1 N–H and O–H groups in total. The van der Waals surface area contributed by atoms with Crippen molar-refractivity contribution in [2.75, 3.05) is 31.6 Å². The number of alkyl halides is 3. The average Bonchev–Trinajstić information content (AvgIpc) is 3.09. The highest BCUT2D eigenvalue weighted by Crippen LogP contribution is 2.36. The van der Waals surface area contributed by atoms with Gasteiger partial charge in [-0.2, -0.15) is 13.2 Å². The third-order valence-electron chi connectivity index (χ3n) is 8.06. The Kier molecular flexibility index (Phi) is 11.6. The Morgan fingerprint density at radius 3 is 2.04 bits per heavy atom. The van der Waals surface area contributed by atoms with E-state index in [1.54, 1.807) is 54.3 Å². The number of benzene rings is 4. The van der Waals surface area contributed by atoms with Crippen LogP contribution in [-0.2, 0) is 30.7 Å². The Labute approximate surface area is 282 Å². The number of aryl methyl sites for hydroxylation is 1. The molecule has 1 aliphatic rings. The molecule has 2 amide bonds. The van der Waals surface area contributed by atoms with Crippen molar-refractivity contribution in [1.82, 2.24) is 4.90 Å². The van der Waals surface area contributed by atoms with Crippen LogP contribution in [0, 0.1) is 6.92 Å². The summed E-state index contributed by atoms with van der Waals surface area (Å²) in [6, 6.07) is 25.3. The van der Waals surface area contributed by atoms with Gasteiger partial charge < -0.3 is 19.7 Å². The number of carbonyl (C=O) groups is 4. The summed E-state index contributed by atoms with van der Waals surface area (Å²) in [6.45, 7) is 8.84. The van der Waals surface area contributed by atoms with E-state index in [2.05, 4.69) is 5.32 Å². The summed E-state index contributed by atoms with van der Waals surface area (Å²) in [5.74, 6) is -1.65. The SMILES string of the molecule is CCN(CC)C(=O)C1(c2ccccc2)COC1=O.CCOC(=O)c1cc(C)ccc1NC(=O)c1ccccc1-c1ccc(C(F)(F)F)cc1. The lowest BCUT2D eigenvalue weighted by Gasteiger charge is -2.40. The number of ether oxygens (including phenoxy) is 2. The van der Waals surface area contributed by atoms with Crippen LogP contribution in [0.25, 0.3) is 11.1 Å². The number of amides is 2. The fraction of sp³-hybridized carbons (Fsp3) is 0.263. The van der Waals surface area contributed by atoms with E-state index >= 15 is 0 Å². The molecule has 4 aromatic carbocycles. The first-order chi connectivity index (χ1) is 23.4. The summed E-state index contributed by atoms with van der Waals surface area (Å²) in [6.07, 6.45) is -4.44. The molecule has 11 heteroatoms. The zero-order valence-electron chi connectivity index (χ0n) is 27.6. The van der Waals surface area contributed by atoms with Crippen LogP contribution in [0.5, 0.6) is 0 Å². The number of hydrogen-bond donors (Lipinski definition) is 1. The molecule has 1 saturated heterocycles. The van der Waals surface area contributed by atoms with Crippen LogP contribution in [0.4, 0.5) is 18.9 Å². The Bertz CT molecular complexity index is 1800. The van der Waals surface area contributed by atoms with E-state index in [-0.39, 0.29) is 35.9 Å². The van der Waals surface area contributed by atoms with Crippen LogP contribution < -0.4 is 5.32 Å². The van der Waals surface area contributed by atoms with Gasteiger partial charge in [0, 0.05) is 18.7 Å². The molecule has 0 saturated carbocycles. The van der Waals surface area contributed by atoms with Gasteiger partial charge in [-0.3, -0.25) is 14.4 Å². The predicted octanol–water partition coefficient (Wildman–Crippen LogP) is 7.46. The highest BCUT2D eigenvalue weighted by Gasteiger charge is 2.58. The van der Waals surface area contributed by atoms with Gasteiger partial charge in [-0.15, -0.1) is 0 Å². The summed E-state index contributed by atoms with van der Waals surface area (Å²) in [5, 5.41) is 2.72. The molecular weight excluding hydrogens is 637 g/mol. The number of rotatable bonds is 9. The zero-order valence-corrected chi connectivity index (χ0v) is 27.6. The summed E-state index contributed by atoms with van der Waals surface area (Å²) in [7, 11) is 0. The minimum atomic E-state index is -4.44. The van der Waals surface area contributed by atoms with Gasteiger partial charge in [0.25, 0.3) is 5.91 Å². The van der Waals surface area contributed by atoms with Crippen LogP contribution in [-0.4, -0.2) is 55.0 Å². The number of halogens is 3. The summed E-state index contributed by atoms with van der Waals surface area (Å²) < 4.78 is 48.5. The van der Waals surface area contributed by atoms with E-state index in [4.69, 9.17) is 9.47 Å². The van der Waals surface area contributed by atoms with Gasteiger partial charge in [-0.25, -0.2) is 4.79 Å². The number of nitrogens with zero attached hydrogens (tertiary/aromatic N) is 1. The van der Waals surface area contributed by atoms with E-state index in [1.807, 2.05) is 51.1 Å². The van der Waals surface area contributed by atoms with E-state index in [1.165, 1.54) is 12.1 Å². The van der Waals surface area contributed by atoms with Gasteiger partial charge in [-0.05, 0) is 74.7 Å². The maximum Gasteiger partial charge on any atom is 0.416 e. The molecule has 49 heavy (non-hydrogen) atoms. The van der Waals surface area contributed by atoms with Crippen molar-refractivity contribution >= 4 is 29.4 Å². The summed E-state index contributed by atoms with van der Waals surface area (Å²) in [4.78, 5) is 51.4. The van der Waals surface area contributed by atoms with Crippen molar-refractivity contribution in [1.29, 1.82) is 0 Å². The number of hydrogen-bond acceptors (Lipinski definition) is 6. The number of esters is 2. The molecular formula is C38H37F3N2O6. The number of nitrogens with one attached hydrogen (secondary N) is 1. The molecule has 5 rings (SSSR count). The molecule has 8 nitrogen and oxygen atoms in total. The summed E-state index contributed by atoms with van der Waals surface area (Å²) in [5.41, 5.74) is 1.37. The second kappa shape index (κ2) is 15.6. The fourth-order valence-electron chi connectivity index (χ4n) is 5.36. The molecule has 0 bridgehead atoms. The highest BCUT2D eigenvalue weighted by atomic mass is 19.4. The third-order valence-corrected chi connectivity index (χ3v) is 8.06. The normalized spacial score (nSPS) is 15.1. The van der Waals surface area contributed by atoms with Crippen LogP contribution >= 0.6 is 0 Å². The van der Waals surface area contributed by atoms with E-state index in [0.29, 0.717) is 24.2 Å². The van der Waals surface area contributed by atoms with Crippen LogP contribution in [0.15, 0.2) is 97.1 Å². The van der Waals surface area contributed by atoms with Crippen molar-refractivity contribution in [3.63, 3.8) is 0 Å². The monoisotopic (exact) mass is 674 g/mol. The minimum Gasteiger partial charge on any atom is -0.462 e. The Morgan fingerprint density at radius 1 is 0.857 bits per heavy atom. The number of likely N-dealkylation sites (N-methyl/N-ethyl adjacent to an activating group) is 1. The first-order valence-electron chi connectivity index (χ1n) is 15.7. The first-order valence-corrected chi connectivity index (χ1v) is 15.7. The highest BCUT2D eigenvalue weighted by molar-refractivity contribution is 6.12. The molecule has 1 unspecified atom stereocenters. The van der Waals surface area contributed by atoms with Gasteiger partial charge in [0.1, 0.15) is 6.61 Å². The molecule has 0 aliphatic carbocycles. The Hall–Kier alpha value is -5.45. The first kappa shape index (κ1) is 36.4. The largest absolute Gasteiger partial charge is 0.462 e. The molecule has 1 heterocycles. The van der Waals surface area contributed by atoms with Crippen molar-refractivity contribution in [3.05, 3.63) is 125 Å². The average molecular weight is 675 g/mol. The summed E-state index contributed by atoms with van der Waals surface area (Å²) >= 11 is 0. The lowest BCUT2D eigenvalue weighted by atomic mass is 9.76. The van der Waals surface area contributed by atoms with E-state index in [0.717, 1.165) is 23.3 Å². The number of carbonyl (C=O) groups excluding carboxylic acids is 4. The lowest BCUT2D eigenvalue weighted by Crippen LogP contribution is -2.62. The molecule has 0 radical (unpaired) electrons. The quantitative estimate of drug-likeness (QED) is 0.146. The molecule has 0 spiro atoms. The van der Waals surface area contributed by atoms with Crippen molar-refractivity contribution < 1.29 is 41.8 Å². The second-order valence-electron chi connectivity index (χ2n) is 11.2. The van der Waals surface area contributed by atoms with E-state index in [9.17, 15) is 32.3 Å². The van der Waals surface area contributed by atoms with Gasteiger partial charge in [0.2, 0.25) is 11.3 Å².